The molecule has 1 amide bonds. The number of nitrogens with one attached hydrogen (secondary N) is 1. The van der Waals surface area contributed by atoms with E-state index in [9.17, 15) is 4.79 Å². The summed E-state index contributed by atoms with van der Waals surface area (Å²) in [6, 6.07) is 9.19. The van der Waals surface area contributed by atoms with Crippen LogP contribution in [0.4, 0.5) is 11.4 Å². The van der Waals surface area contributed by atoms with E-state index in [0.29, 0.717) is 28.6 Å². The van der Waals surface area contributed by atoms with Gasteiger partial charge >= 0.3 is 0 Å². The average molecular weight is 348 g/mol. The van der Waals surface area contributed by atoms with Gasteiger partial charge in [-0.1, -0.05) is 11.8 Å². The molecule has 0 aliphatic carbocycles. The van der Waals surface area contributed by atoms with E-state index in [-0.39, 0.29) is 5.91 Å². The molecule has 2 rings (SSSR count). The van der Waals surface area contributed by atoms with Crippen LogP contribution in [0.15, 0.2) is 40.1 Å². The Hall–Kier alpha value is -2.54. The van der Waals surface area contributed by atoms with Gasteiger partial charge in [-0.05, 0) is 30.3 Å². The normalized spacial score (nSPS) is 10.2. The molecule has 0 saturated carbocycles. The average Bonchev–Trinajstić information content (AvgIpc) is 2.56. The van der Waals surface area contributed by atoms with Crippen molar-refractivity contribution in [2.45, 2.75) is 16.7 Å². The lowest BCUT2D eigenvalue weighted by Gasteiger charge is -2.14. The van der Waals surface area contributed by atoms with Gasteiger partial charge < -0.3 is 25.3 Å². The van der Waals surface area contributed by atoms with Gasteiger partial charge in [0, 0.05) is 16.7 Å². The highest BCUT2D eigenvalue weighted by Gasteiger charge is 2.14. The molecule has 0 aromatic heterocycles. The van der Waals surface area contributed by atoms with Crippen molar-refractivity contribution in [3.05, 3.63) is 30.3 Å². The van der Waals surface area contributed by atoms with Crippen LogP contribution >= 0.6 is 11.8 Å². The number of rotatable bonds is 6. The summed E-state index contributed by atoms with van der Waals surface area (Å²) in [5, 5.41) is 2.69. The highest BCUT2D eigenvalue weighted by molar-refractivity contribution is 7.99. The van der Waals surface area contributed by atoms with Gasteiger partial charge in [-0.3, -0.25) is 4.79 Å². The van der Waals surface area contributed by atoms with Crippen LogP contribution in [-0.2, 0) is 4.79 Å². The molecule has 0 atom stereocenters. The lowest BCUT2D eigenvalue weighted by atomic mass is 10.2. The Morgan fingerprint density at radius 2 is 1.62 bits per heavy atom. The fraction of sp³-hybridized carbons (Fsp3) is 0.235. The summed E-state index contributed by atoms with van der Waals surface area (Å²) in [6.45, 7) is 1.44. The van der Waals surface area contributed by atoms with Crippen LogP contribution in [0.5, 0.6) is 17.2 Å². The van der Waals surface area contributed by atoms with E-state index >= 15 is 0 Å². The van der Waals surface area contributed by atoms with Crippen molar-refractivity contribution in [3.8, 4) is 17.2 Å². The minimum atomic E-state index is -0.160. The molecule has 2 aromatic rings. The monoisotopic (exact) mass is 348 g/mol. The van der Waals surface area contributed by atoms with E-state index in [1.165, 1.54) is 18.7 Å². The number of hydrogen-bond donors (Lipinski definition) is 2. The first-order chi connectivity index (χ1) is 11.5. The van der Waals surface area contributed by atoms with Gasteiger partial charge in [-0.15, -0.1) is 0 Å². The van der Waals surface area contributed by atoms with E-state index in [4.69, 9.17) is 19.9 Å². The maximum Gasteiger partial charge on any atom is 0.221 e. The first kappa shape index (κ1) is 17.8. The maximum atomic E-state index is 11.1. The van der Waals surface area contributed by atoms with Gasteiger partial charge in [-0.2, -0.15) is 0 Å². The van der Waals surface area contributed by atoms with Crippen molar-refractivity contribution in [3.63, 3.8) is 0 Å². The molecule has 0 fully saturated rings. The first-order valence-electron chi connectivity index (χ1n) is 7.13. The van der Waals surface area contributed by atoms with Crippen LogP contribution in [0.3, 0.4) is 0 Å². The summed E-state index contributed by atoms with van der Waals surface area (Å²) in [7, 11) is 4.71. The molecule has 0 aliphatic heterocycles. The van der Waals surface area contributed by atoms with E-state index in [2.05, 4.69) is 5.32 Å². The Kier molecular flexibility index (Phi) is 5.81. The molecular weight excluding hydrogens is 328 g/mol. The second-order valence-electron chi connectivity index (χ2n) is 4.89. The Morgan fingerprint density at radius 3 is 2.08 bits per heavy atom. The molecule has 6 nitrogen and oxygen atoms in total. The number of carbonyl (C=O) groups excluding carboxylic acids is 1. The van der Waals surface area contributed by atoms with Crippen molar-refractivity contribution in [2.75, 3.05) is 32.4 Å². The van der Waals surface area contributed by atoms with Crippen molar-refractivity contribution in [2.24, 2.45) is 0 Å². The van der Waals surface area contributed by atoms with Crippen LogP contribution in [0.1, 0.15) is 6.92 Å². The zero-order chi connectivity index (χ0) is 17.7. The molecule has 24 heavy (non-hydrogen) atoms. The third kappa shape index (κ3) is 4.05. The third-order valence-corrected chi connectivity index (χ3v) is 4.17. The Labute approximate surface area is 145 Å². The minimum Gasteiger partial charge on any atom is -0.493 e. The van der Waals surface area contributed by atoms with Crippen LogP contribution < -0.4 is 25.3 Å². The molecule has 0 saturated heterocycles. The van der Waals surface area contributed by atoms with E-state index in [1.54, 1.807) is 33.5 Å². The number of anilines is 2. The smallest absolute Gasteiger partial charge is 0.221 e. The van der Waals surface area contributed by atoms with Crippen LogP contribution in [0, 0.1) is 0 Å². The molecule has 128 valence electrons. The summed E-state index contributed by atoms with van der Waals surface area (Å²) in [4.78, 5) is 13.0. The number of hydrogen-bond acceptors (Lipinski definition) is 6. The van der Waals surface area contributed by atoms with Gasteiger partial charge in [0.15, 0.2) is 11.5 Å². The number of carbonyl (C=O) groups is 1. The number of amides is 1. The second kappa shape index (κ2) is 7.83. The van der Waals surface area contributed by atoms with Crippen LogP contribution in [-0.4, -0.2) is 27.2 Å². The predicted molar refractivity (Wildman–Crippen MR) is 95.4 cm³/mol. The Balaban J connectivity index is 2.31. The van der Waals surface area contributed by atoms with Gasteiger partial charge in [0.2, 0.25) is 11.7 Å². The highest BCUT2D eigenvalue weighted by Crippen LogP contribution is 2.43. The van der Waals surface area contributed by atoms with Crippen molar-refractivity contribution < 1.29 is 19.0 Å². The molecule has 2 aromatic carbocycles. The number of ether oxygens (including phenoxy) is 3. The summed E-state index contributed by atoms with van der Waals surface area (Å²) >= 11 is 1.50. The molecule has 0 heterocycles. The summed E-state index contributed by atoms with van der Waals surface area (Å²) < 4.78 is 16.0. The third-order valence-electron chi connectivity index (χ3n) is 3.21. The molecule has 0 unspecified atom stereocenters. The molecule has 0 spiro atoms. The van der Waals surface area contributed by atoms with Gasteiger partial charge in [0.1, 0.15) is 0 Å². The molecule has 0 radical (unpaired) electrons. The fourth-order valence-corrected chi connectivity index (χ4v) is 3.09. The standard InChI is InChI=1S/C17H20N2O4S/c1-10(20)19-14-6-5-11(7-13(14)18)24-12-8-15(21-2)17(23-4)16(9-12)22-3/h5-9H,18H2,1-4H3,(H,19,20). The second-order valence-corrected chi connectivity index (χ2v) is 6.04. The molecule has 7 heteroatoms. The number of methoxy groups -OCH3 is 3. The Bertz CT molecular complexity index is 724. The minimum absolute atomic E-state index is 0.160. The molecule has 0 bridgehead atoms. The van der Waals surface area contributed by atoms with Gasteiger partial charge in [0.25, 0.3) is 0 Å². The number of benzene rings is 2. The van der Waals surface area contributed by atoms with Crippen molar-refractivity contribution >= 4 is 29.0 Å². The Morgan fingerprint density at radius 1 is 1.00 bits per heavy atom. The lowest BCUT2D eigenvalue weighted by Crippen LogP contribution is -2.07. The molecular formula is C17H20N2O4S. The van der Waals surface area contributed by atoms with Gasteiger partial charge in [0.05, 0.1) is 32.7 Å². The summed E-state index contributed by atoms with van der Waals surface area (Å²) in [6.07, 6.45) is 0. The molecule has 0 aliphatic rings. The van der Waals surface area contributed by atoms with Crippen molar-refractivity contribution in [1.29, 1.82) is 0 Å². The zero-order valence-corrected chi connectivity index (χ0v) is 14.8. The topological polar surface area (TPSA) is 82.8 Å². The SMILES string of the molecule is COc1cc(Sc2ccc(NC(C)=O)c(N)c2)cc(OC)c1OC. The zero-order valence-electron chi connectivity index (χ0n) is 14.0. The van der Waals surface area contributed by atoms with Crippen molar-refractivity contribution in [1.82, 2.24) is 0 Å². The number of nitrogen functional groups attached to an aromatic ring is 1. The maximum absolute atomic E-state index is 11.1. The highest BCUT2D eigenvalue weighted by atomic mass is 32.2. The van der Waals surface area contributed by atoms with E-state index < -0.39 is 0 Å². The largest absolute Gasteiger partial charge is 0.493 e. The first-order valence-corrected chi connectivity index (χ1v) is 7.95. The van der Waals surface area contributed by atoms with E-state index in [1.807, 2.05) is 18.2 Å². The quantitative estimate of drug-likeness (QED) is 0.779. The lowest BCUT2D eigenvalue weighted by molar-refractivity contribution is -0.114. The van der Waals surface area contributed by atoms with E-state index in [0.717, 1.165) is 9.79 Å². The molecule has 3 N–H and O–H groups in total. The van der Waals surface area contributed by atoms with Crippen LogP contribution in [0.25, 0.3) is 0 Å². The summed E-state index contributed by atoms with van der Waals surface area (Å²) in [5.41, 5.74) is 7.08. The van der Waals surface area contributed by atoms with Gasteiger partial charge in [-0.25, -0.2) is 0 Å². The fourth-order valence-electron chi connectivity index (χ4n) is 2.16. The summed E-state index contributed by atoms with van der Waals surface area (Å²) in [5.74, 6) is 1.56. The predicted octanol–water partition coefficient (Wildman–Crippen LogP) is 3.40. The number of nitrogens with two attached hydrogens (primary N) is 1. The van der Waals surface area contributed by atoms with Crippen LogP contribution in [0.2, 0.25) is 0 Å².